The molecule has 0 radical (unpaired) electrons. The average Bonchev–Trinajstić information content (AvgIpc) is 2.53. The Bertz CT molecular complexity index is 443. The van der Waals surface area contributed by atoms with Crippen LogP contribution in [0.2, 0.25) is 0 Å². The number of carbonyl (C=O) groups is 1. The maximum atomic E-state index is 12.1. The smallest absolute Gasteiger partial charge is 0.248 e. The Morgan fingerprint density at radius 2 is 2.18 bits per heavy atom. The molecule has 0 aromatic heterocycles. The van der Waals surface area contributed by atoms with Gasteiger partial charge in [-0.1, -0.05) is 19.9 Å². The number of benzene rings is 1. The van der Waals surface area contributed by atoms with E-state index in [1.807, 2.05) is 18.2 Å². The van der Waals surface area contributed by atoms with Gasteiger partial charge in [-0.3, -0.25) is 4.79 Å². The highest BCUT2D eigenvalue weighted by molar-refractivity contribution is 6.04. The summed E-state index contributed by atoms with van der Waals surface area (Å²) in [6.07, 6.45) is 0. The maximum absolute atomic E-state index is 12.1. The zero-order chi connectivity index (χ0) is 12.6. The average molecular weight is 234 g/mol. The predicted octanol–water partition coefficient (Wildman–Crippen LogP) is 1.70. The molecular formula is C13H18N2O2. The maximum Gasteiger partial charge on any atom is 0.248 e. The Kier molecular flexibility index (Phi) is 3.07. The first kappa shape index (κ1) is 11.9. The lowest BCUT2D eigenvalue weighted by atomic mass is 10.1. The van der Waals surface area contributed by atoms with Crippen LogP contribution in [-0.2, 0) is 4.79 Å². The number of fused-ring (bicyclic) bond motifs is 1. The predicted molar refractivity (Wildman–Crippen MR) is 67.1 cm³/mol. The monoisotopic (exact) mass is 234 g/mol. The second-order valence-electron chi connectivity index (χ2n) is 4.75. The molecule has 0 fully saturated rings. The first-order chi connectivity index (χ1) is 8.04. The van der Waals surface area contributed by atoms with Crippen molar-refractivity contribution in [3.05, 3.63) is 23.8 Å². The van der Waals surface area contributed by atoms with Gasteiger partial charge in [-0.15, -0.1) is 0 Å². The molecule has 0 saturated carbocycles. The van der Waals surface area contributed by atoms with Gasteiger partial charge in [0.25, 0.3) is 0 Å². The molecule has 2 N–H and O–H groups in total. The molecule has 1 aliphatic rings. The van der Waals surface area contributed by atoms with Gasteiger partial charge in [0.15, 0.2) is 0 Å². The Morgan fingerprint density at radius 1 is 1.47 bits per heavy atom. The standard InChI is InChI=1S/C13H18N2O2/c1-8(2)7-15-11-6-9(17-3)4-5-10(11)12(14)13(15)16/h4-6,8,12H,7,14H2,1-3H3. The summed E-state index contributed by atoms with van der Waals surface area (Å²) in [5.41, 5.74) is 7.69. The number of methoxy groups -OCH3 is 1. The van der Waals surface area contributed by atoms with Gasteiger partial charge < -0.3 is 15.4 Å². The van der Waals surface area contributed by atoms with Crippen molar-refractivity contribution in [1.82, 2.24) is 0 Å². The highest BCUT2D eigenvalue weighted by atomic mass is 16.5. The van der Waals surface area contributed by atoms with E-state index in [-0.39, 0.29) is 5.91 Å². The Balaban J connectivity index is 2.42. The van der Waals surface area contributed by atoms with Crippen LogP contribution in [0.15, 0.2) is 18.2 Å². The second-order valence-corrected chi connectivity index (χ2v) is 4.75. The number of nitrogens with two attached hydrogens (primary N) is 1. The van der Waals surface area contributed by atoms with Crippen molar-refractivity contribution in [1.29, 1.82) is 0 Å². The number of hydrogen-bond donors (Lipinski definition) is 1. The molecule has 0 spiro atoms. The quantitative estimate of drug-likeness (QED) is 0.866. The fourth-order valence-electron chi connectivity index (χ4n) is 2.12. The van der Waals surface area contributed by atoms with Crippen molar-refractivity contribution < 1.29 is 9.53 Å². The molecule has 0 aliphatic carbocycles. The van der Waals surface area contributed by atoms with Crippen LogP contribution in [0, 0.1) is 5.92 Å². The SMILES string of the molecule is COc1ccc2c(c1)N(CC(C)C)C(=O)C2N. The van der Waals surface area contributed by atoms with E-state index in [1.54, 1.807) is 12.0 Å². The number of ether oxygens (including phenoxy) is 1. The third-order valence-electron chi connectivity index (χ3n) is 2.94. The summed E-state index contributed by atoms with van der Waals surface area (Å²) in [4.78, 5) is 13.8. The van der Waals surface area contributed by atoms with E-state index in [9.17, 15) is 4.79 Å². The Labute approximate surface area is 101 Å². The Morgan fingerprint density at radius 3 is 2.76 bits per heavy atom. The van der Waals surface area contributed by atoms with Crippen molar-refractivity contribution in [3.8, 4) is 5.75 Å². The number of carbonyl (C=O) groups excluding carboxylic acids is 1. The first-order valence-corrected chi connectivity index (χ1v) is 5.79. The molecule has 4 heteroatoms. The highest BCUT2D eigenvalue weighted by Crippen LogP contribution is 2.37. The topological polar surface area (TPSA) is 55.6 Å². The first-order valence-electron chi connectivity index (χ1n) is 5.79. The third-order valence-corrected chi connectivity index (χ3v) is 2.94. The van der Waals surface area contributed by atoms with E-state index in [0.29, 0.717) is 12.5 Å². The minimum atomic E-state index is -0.533. The van der Waals surface area contributed by atoms with Crippen LogP contribution in [-0.4, -0.2) is 19.6 Å². The van der Waals surface area contributed by atoms with Gasteiger partial charge in [-0.05, 0) is 12.0 Å². The molecule has 1 aromatic carbocycles. The number of anilines is 1. The molecule has 92 valence electrons. The summed E-state index contributed by atoms with van der Waals surface area (Å²) >= 11 is 0. The van der Waals surface area contributed by atoms with Gasteiger partial charge in [-0.2, -0.15) is 0 Å². The molecule has 1 aliphatic heterocycles. The zero-order valence-corrected chi connectivity index (χ0v) is 10.4. The highest BCUT2D eigenvalue weighted by Gasteiger charge is 2.35. The minimum Gasteiger partial charge on any atom is -0.497 e. The lowest BCUT2D eigenvalue weighted by Gasteiger charge is -2.20. The number of hydrogen-bond acceptors (Lipinski definition) is 3. The van der Waals surface area contributed by atoms with Gasteiger partial charge in [0.05, 0.1) is 12.8 Å². The number of amides is 1. The molecular weight excluding hydrogens is 216 g/mol. The van der Waals surface area contributed by atoms with Crippen LogP contribution in [0.3, 0.4) is 0 Å². The molecule has 1 unspecified atom stereocenters. The van der Waals surface area contributed by atoms with Crippen molar-refractivity contribution in [3.63, 3.8) is 0 Å². The molecule has 1 aromatic rings. The van der Waals surface area contributed by atoms with Gasteiger partial charge in [-0.25, -0.2) is 0 Å². The van der Waals surface area contributed by atoms with Crippen molar-refractivity contribution in [2.75, 3.05) is 18.6 Å². The zero-order valence-electron chi connectivity index (χ0n) is 10.4. The van der Waals surface area contributed by atoms with Crippen LogP contribution in [0.25, 0.3) is 0 Å². The van der Waals surface area contributed by atoms with E-state index in [1.165, 1.54) is 0 Å². The summed E-state index contributed by atoms with van der Waals surface area (Å²) in [7, 11) is 1.62. The van der Waals surface area contributed by atoms with Gasteiger partial charge in [0.2, 0.25) is 5.91 Å². The summed E-state index contributed by atoms with van der Waals surface area (Å²) in [6.45, 7) is 4.85. The van der Waals surface area contributed by atoms with E-state index >= 15 is 0 Å². The molecule has 17 heavy (non-hydrogen) atoms. The van der Waals surface area contributed by atoms with Crippen LogP contribution in [0.1, 0.15) is 25.5 Å². The lowest BCUT2D eigenvalue weighted by molar-refractivity contribution is -0.119. The van der Waals surface area contributed by atoms with Crippen LogP contribution in [0.4, 0.5) is 5.69 Å². The van der Waals surface area contributed by atoms with Gasteiger partial charge >= 0.3 is 0 Å². The molecule has 1 atom stereocenters. The largest absolute Gasteiger partial charge is 0.497 e. The number of rotatable bonds is 3. The molecule has 0 bridgehead atoms. The molecule has 1 heterocycles. The van der Waals surface area contributed by atoms with Crippen LogP contribution >= 0.6 is 0 Å². The van der Waals surface area contributed by atoms with Gasteiger partial charge in [0, 0.05) is 18.2 Å². The van der Waals surface area contributed by atoms with Crippen molar-refractivity contribution in [2.45, 2.75) is 19.9 Å². The molecule has 4 nitrogen and oxygen atoms in total. The Hall–Kier alpha value is -1.55. The van der Waals surface area contributed by atoms with Crippen LogP contribution in [0.5, 0.6) is 5.75 Å². The normalized spacial score (nSPS) is 18.8. The van der Waals surface area contributed by atoms with E-state index in [0.717, 1.165) is 17.0 Å². The summed E-state index contributed by atoms with van der Waals surface area (Å²) < 4.78 is 5.18. The second kappa shape index (κ2) is 4.37. The minimum absolute atomic E-state index is 0.0260. The van der Waals surface area contributed by atoms with Gasteiger partial charge in [0.1, 0.15) is 11.8 Å². The third kappa shape index (κ3) is 2.00. The van der Waals surface area contributed by atoms with E-state index in [2.05, 4.69) is 13.8 Å². The van der Waals surface area contributed by atoms with Crippen LogP contribution < -0.4 is 15.4 Å². The molecule has 0 saturated heterocycles. The fraction of sp³-hybridized carbons (Fsp3) is 0.462. The van der Waals surface area contributed by atoms with Crippen molar-refractivity contribution >= 4 is 11.6 Å². The molecule has 1 amide bonds. The number of nitrogens with zero attached hydrogens (tertiary/aromatic N) is 1. The van der Waals surface area contributed by atoms with E-state index < -0.39 is 6.04 Å². The lowest BCUT2D eigenvalue weighted by Crippen LogP contribution is -2.34. The summed E-state index contributed by atoms with van der Waals surface area (Å²) in [5, 5.41) is 0. The van der Waals surface area contributed by atoms with E-state index in [4.69, 9.17) is 10.5 Å². The summed E-state index contributed by atoms with van der Waals surface area (Å²) in [6, 6.07) is 5.05. The molecule has 2 rings (SSSR count). The fourth-order valence-corrected chi connectivity index (χ4v) is 2.12. The summed E-state index contributed by atoms with van der Waals surface area (Å²) in [5.74, 6) is 1.13. The van der Waals surface area contributed by atoms with Crippen molar-refractivity contribution in [2.24, 2.45) is 11.7 Å².